The van der Waals surface area contributed by atoms with Crippen LogP contribution in [0, 0.1) is 0 Å². The molecule has 0 spiro atoms. The van der Waals surface area contributed by atoms with Crippen molar-refractivity contribution < 1.29 is 9.47 Å². The number of hydrogen-bond acceptors (Lipinski definition) is 6. The van der Waals surface area contributed by atoms with Gasteiger partial charge in [0.25, 0.3) is 0 Å². The summed E-state index contributed by atoms with van der Waals surface area (Å²) < 4.78 is 13.9. The number of nitrogens with zero attached hydrogens (tertiary/aromatic N) is 4. The van der Waals surface area contributed by atoms with E-state index in [2.05, 4.69) is 56.8 Å². The fraction of sp³-hybridized carbons (Fsp3) is 0.409. The number of rotatable bonds is 8. The molecule has 31 heavy (non-hydrogen) atoms. The standard InChI is InChI=1S/C22H28N6O2S/c1-3-21-27-25-15-28(21)11-10-23-22(26-16(2)20-9-6-12-31-20)24-13-17-14-29-18-7-4-5-8-19(18)30-17/h4-9,12,15-17H,3,10-11,13-14H2,1-2H3,(H2,23,24,26). The fourth-order valence-electron chi connectivity index (χ4n) is 3.35. The lowest BCUT2D eigenvalue weighted by Crippen LogP contribution is -2.41. The van der Waals surface area contributed by atoms with Crippen molar-refractivity contribution >= 4 is 17.3 Å². The lowest BCUT2D eigenvalue weighted by Gasteiger charge is -2.26. The van der Waals surface area contributed by atoms with Gasteiger partial charge in [0.05, 0.1) is 12.6 Å². The average molecular weight is 441 g/mol. The Bertz CT molecular complexity index is 988. The zero-order valence-electron chi connectivity index (χ0n) is 17.8. The molecular weight excluding hydrogens is 412 g/mol. The Morgan fingerprint density at radius 3 is 2.97 bits per heavy atom. The molecule has 0 saturated carbocycles. The second-order valence-electron chi connectivity index (χ2n) is 7.29. The Kier molecular flexibility index (Phi) is 7.03. The van der Waals surface area contributed by atoms with Gasteiger partial charge >= 0.3 is 0 Å². The van der Waals surface area contributed by atoms with Crippen molar-refractivity contribution in [3.8, 4) is 11.5 Å². The van der Waals surface area contributed by atoms with E-state index in [1.807, 2.05) is 24.3 Å². The van der Waals surface area contributed by atoms with E-state index in [9.17, 15) is 0 Å². The number of hydrogen-bond donors (Lipinski definition) is 2. The van der Waals surface area contributed by atoms with Crippen LogP contribution in [0.25, 0.3) is 0 Å². The molecule has 164 valence electrons. The lowest BCUT2D eigenvalue weighted by molar-refractivity contribution is 0.0971. The monoisotopic (exact) mass is 440 g/mol. The van der Waals surface area contributed by atoms with Crippen LogP contribution in [-0.2, 0) is 13.0 Å². The molecule has 2 aromatic heterocycles. The van der Waals surface area contributed by atoms with Gasteiger partial charge in [0.1, 0.15) is 18.8 Å². The molecule has 2 N–H and O–H groups in total. The first-order valence-electron chi connectivity index (χ1n) is 10.6. The molecule has 0 saturated heterocycles. The predicted molar refractivity (Wildman–Crippen MR) is 122 cm³/mol. The molecule has 0 radical (unpaired) electrons. The first kappa shape index (κ1) is 21.2. The van der Waals surface area contributed by atoms with Crippen molar-refractivity contribution in [1.82, 2.24) is 25.4 Å². The summed E-state index contributed by atoms with van der Waals surface area (Å²) >= 11 is 1.73. The van der Waals surface area contributed by atoms with Gasteiger partial charge in [-0.1, -0.05) is 25.1 Å². The molecule has 9 heteroatoms. The molecule has 2 unspecified atom stereocenters. The molecule has 0 aliphatic carbocycles. The SMILES string of the molecule is CCc1nncn1CCNC(=NCC1COc2ccccc2O1)NC(C)c1cccs1. The van der Waals surface area contributed by atoms with E-state index in [0.29, 0.717) is 19.7 Å². The summed E-state index contributed by atoms with van der Waals surface area (Å²) in [7, 11) is 0. The van der Waals surface area contributed by atoms with Crippen LogP contribution in [0.3, 0.4) is 0 Å². The lowest BCUT2D eigenvalue weighted by atomic mass is 10.2. The van der Waals surface area contributed by atoms with Crippen LogP contribution in [0.5, 0.6) is 11.5 Å². The number of fused-ring (bicyclic) bond motifs is 1. The number of nitrogens with one attached hydrogen (secondary N) is 2. The molecule has 0 amide bonds. The van der Waals surface area contributed by atoms with Crippen molar-refractivity contribution in [2.75, 3.05) is 19.7 Å². The predicted octanol–water partition coefficient (Wildman–Crippen LogP) is 3.04. The second-order valence-corrected chi connectivity index (χ2v) is 8.27. The first-order chi connectivity index (χ1) is 15.2. The number of benzene rings is 1. The Hall–Kier alpha value is -3.07. The summed E-state index contributed by atoms with van der Waals surface area (Å²) in [5, 5.41) is 17.2. The van der Waals surface area contributed by atoms with Gasteiger partial charge in [-0.15, -0.1) is 21.5 Å². The van der Waals surface area contributed by atoms with E-state index >= 15 is 0 Å². The highest BCUT2D eigenvalue weighted by Crippen LogP contribution is 2.30. The van der Waals surface area contributed by atoms with E-state index < -0.39 is 0 Å². The third kappa shape index (κ3) is 5.55. The van der Waals surface area contributed by atoms with E-state index in [1.165, 1.54) is 4.88 Å². The molecule has 1 aromatic carbocycles. The minimum atomic E-state index is -0.130. The maximum Gasteiger partial charge on any atom is 0.191 e. The smallest absolute Gasteiger partial charge is 0.191 e. The normalized spacial score (nSPS) is 16.7. The average Bonchev–Trinajstić information content (AvgIpc) is 3.49. The summed E-state index contributed by atoms with van der Waals surface area (Å²) in [4.78, 5) is 6.04. The van der Waals surface area contributed by atoms with Crippen molar-refractivity contribution in [3.05, 3.63) is 58.8 Å². The van der Waals surface area contributed by atoms with Crippen LogP contribution in [-0.4, -0.2) is 46.5 Å². The summed E-state index contributed by atoms with van der Waals surface area (Å²) in [5.74, 6) is 3.27. The summed E-state index contributed by atoms with van der Waals surface area (Å²) in [5.41, 5.74) is 0. The van der Waals surface area contributed by atoms with Gasteiger partial charge in [-0.25, -0.2) is 4.99 Å². The largest absolute Gasteiger partial charge is 0.486 e. The van der Waals surface area contributed by atoms with Gasteiger partial charge in [-0.2, -0.15) is 0 Å². The van der Waals surface area contributed by atoms with Gasteiger partial charge in [0.2, 0.25) is 0 Å². The molecule has 2 atom stereocenters. The van der Waals surface area contributed by atoms with Gasteiger partial charge < -0.3 is 24.7 Å². The molecule has 0 bridgehead atoms. The van der Waals surface area contributed by atoms with Gasteiger partial charge in [-0.05, 0) is 30.5 Å². The number of guanidine groups is 1. The third-order valence-corrected chi connectivity index (χ3v) is 6.06. The highest BCUT2D eigenvalue weighted by atomic mass is 32.1. The third-order valence-electron chi connectivity index (χ3n) is 5.00. The topological polar surface area (TPSA) is 85.6 Å². The minimum Gasteiger partial charge on any atom is -0.486 e. The Balaban J connectivity index is 1.39. The number of aryl methyl sites for hydroxylation is 1. The van der Waals surface area contributed by atoms with E-state index in [-0.39, 0.29) is 12.1 Å². The van der Waals surface area contributed by atoms with Gasteiger partial charge in [0.15, 0.2) is 23.6 Å². The van der Waals surface area contributed by atoms with Crippen LogP contribution in [0.4, 0.5) is 0 Å². The Morgan fingerprint density at radius 1 is 1.29 bits per heavy atom. The molecule has 3 aromatic rings. The molecule has 1 aliphatic heterocycles. The van der Waals surface area contributed by atoms with E-state index in [4.69, 9.17) is 14.5 Å². The molecular formula is C22H28N6O2S. The summed E-state index contributed by atoms with van der Waals surface area (Å²) in [6.45, 7) is 6.66. The number of ether oxygens (including phenoxy) is 2. The molecule has 0 fully saturated rings. The molecule has 1 aliphatic rings. The highest BCUT2D eigenvalue weighted by Gasteiger charge is 2.20. The fourth-order valence-corrected chi connectivity index (χ4v) is 4.08. The van der Waals surface area contributed by atoms with E-state index in [0.717, 1.165) is 36.2 Å². The Labute approximate surface area is 186 Å². The highest BCUT2D eigenvalue weighted by molar-refractivity contribution is 7.10. The van der Waals surface area contributed by atoms with Crippen LogP contribution in [0.2, 0.25) is 0 Å². The quantitative estimate of drug-likeness (QED) is 0.414. The first-order valence-corrected chi connectivity index (χ1v) is 11.4. The number of thiophene rings is 1. The van der Waals surface area contributed by atoms with Crippen LogP contribution in [0.15, 0.2) is 53.1 Å². The maximum atomic E-state index is 6.05. The molecule has 3 heterocycles. The summed E-state index contributed by atoms with van der Waals surface area (Å²) in [6.07, 6.45) is 2.49. The Morgan fingerprint density at radius 2 is 2.16 bits per heavy atom. The zero-order chi connectivity index (χ0) is 21.5. The number of para-hydroxylation sites is 2. The number of aliphatic imine (C=N–C) groups is 1. The van der Waals surface area contributed by atoms with Crippen molar-refractivity contribution in [3.63, 3.8) is 0 Å². The minimum absolute atomic E-state index is 0.130. The zero-order valence-corrected chi connectivity index (χ0v) is 18.6. The van der Waals surface area contributed by atoms with Gasteiger partial charge in [-0.3, -0.25) is 0 Å². The number of aromatic nitrogens is 3. The van der Waals surface area contributed by atoms with Crippen LogP contribution < -0.4 is 20.1 Å². The van der Waals surface area contributed by atoms with Crippen LogP contribution in [0.1, 0.15) is 30.6 Å². The molecule has 8 nitrogen and oxygen atoms in total. The van der Waals surface area contributed by atoms with Crippen molar-refractivity contribution in [2.45, 2.75) is 39.0 Å². The molecule has 4 rings (SSSR count). The van der Waals surface area contributed by atoms with Crippen LogP contribution >= 0.6 is 11.3 Å². The van der Waals surface area contributed by atoms with E-state index in [1.54, 1.807) is 17.7 Å². The second kappa shape index (κ2) is 10.3. The maximum absolute atomic E-state index is 6.05. The van der Waals surface area contributed by atoms with Crippen molar-refractivity contribution in [1.29, 1.82) is 0 Å². The van der Waals surface area contributed by atoms with Crippen molar-refractivity contribution in [2.24, 2.45) is 4.99 Å². The summed E-state index contributed by atoms with van der Waals surface area (Å²) in [6, 6.07) is 12.1. The van der Waals surface area contributed by atoms with Gasteiger partial charge in [0, 0.05) is 24.4 Å².